The molecule has 0 N–H and O–H groups in total. The Balaban J connectivity index is 2.66. The molecule has 156 valence electrons. The zero-order valence-electron chi connectivity index (χ0n) is 16.3. The monoisotopic (exact) mass is 425 g/mol. The molecule has 0 atom stereocenters. The van der Waals surface area contributed by atoms with Crippen LogP contribution in [0.4, 0.5) is 10.1 Å². The minimum atomic E-state index is -4.39. The minimum absolute atomic E-state index is 0.0505. The zero-order valence-corrected chi connectivity index (χ0v) is 17.1. The summed E-state index contributed by atoms with van der Waals surface area (Å²) >= 11 is 0. The molecule has 0 fully saturated rings. The molecule has 29 heavy (non-hydrogen) atoms. The summed E-state index contributed by atoms with van der Waals surface area (Å²) in [5.74, 6) is -2.54. The van der Waals surface area contributed by atoms with E-state index >= 15 is 0 Å². The average Bonchev–Trinajstić information content (AvgIpc) is 2.71. The number of carbonyl (C=O) groups excluding carboxylic acids is 2. The van der Waals surface area contributed by atoms with Crippen molar-refractivity contribution < 1.29 is 36.6 Å². The van der Waals surface area contributed by atoms with Gasteiger partial charge in [-0.25, -0.2) is 17.6 Å². The number of benzene rings is 2. The first-order valence-corrected chi connectivity index (χ1v) is 9.71. The molecule has 0 radical (unpaired) electrons. The molecule has 0 unspecified atom stereocenters. The second kappa shape index (κ2) is 8.91. The van der Waals surface area contributed by atoms with Crippen LogP contribution in [-0.2, 0) is 24.3 Å². The van der Waals surface area contributed by atoms with Crippen molar-refractivity contribution in [1.29, 1.82) is 0 Å². The van der Waals surface area contributed by atoms with Crippen molar-refractivity contribution in [1.82, 2.24) is 0 Å². The van der Waals surface area contributed by atoms with Gasteiger partial charge in [-0.2, -0.15) is 0 Å². The lowest BCUT2D eigenvalue weighted by molar-refractivity contribution is -0.138. The minimum Gasteiger partial charge on any atom is -0.494 e. The van der Waals surface area contributed by atoms with Crippen LogP contribution in [0.3, 0.4) is 0 Å². The Kier molecular flexibility index (Phi) is 6.80. The third-order valence-corrected chi connectivity index (χ3v) is 5.87. The van der Waals surface area contributed by atoms with Crippen molar-refractivity contribution in [3.8, 4) is 5.75 Å². The van der Waals surface area contributed by atoms with E-state index in [1.165, 1.54) is 32.4 Å². The Bertz CT molecular complexity index is 1040. The molecule has 0 spiro atoms. The van der Waals surface area contributed by atoms with Gasteiger partial charge < -0.3 is 14.2 Å². The maximum absolute atomic E-state index is 14.1. The number of esters is 2. The van der Waals surface area contributed by atoms with Crippen LogP contribution in [0, 0.1) is 12.7 Å². The predicted molar refractivity (Wildman–Crippen MR) is 102 cm³/mol. The van der Waals surface area contributed by atoms with Crippen LogP contribution >= 0.6 is 0 Å². The lowest BCUT2D eigenvalue weighted by atomic mass is 10.1. The summed E-state index contributed by atoms with van der Waals surface area (Å²) < 4.78 is 55.4. The van der Waals surface area contributed by atoms with E-state index in [4.69, 9.17) is 4.74 Å². The molecule has 0 bridgehead atoms. The molecule has 0 aliphatic rings. The highest BCUT2D eigenvalue weighted by atomic mass is 32.2. The van der Waals surface area contributed by atoms with E-state index in [1.807, 2.05) is 0 Å². The molecule has 0 saturated carbocycles. The summed E-state index contributed by atoms with van der Waals surface area (Å²) in [4.78, 5) is 23.4. The summed E-state index contributed by atoms with van der Waals surface area (Å²) in [6, 6.07) is 7.35. The van der Waals surface area contributed by atoms with Crippen LogP contribution in [0.1, 0.15) is 15.9 Å². The van der Waals surface area contributed by atoms with Gasteiger partial charge in [0.1, 0.15) is 6.54 Å². The predicted octanol–water partition coefficient (Wildman–Crippen LogP) is 2.30. The summed E-state index contributed by atoms with van der Waals surface area (Å²) in [5, 5.41) is 0. The van der Waals surface area contributed by atoms with Gasteiger partial charge in [0.15, 0.2) is 11.6 Å². The number of rotatable bonds is 7. The fourth-order valence-corrected chi connectivity index (χ4v) is 4.02. The van der Waals surface area contributed by atoms with E-state index in [2.05, 4.69) is 9.47 Å². The van der Waals surface area contributed by atoms with E-state index in [0.29, 0.717) is 5.56 Å². The molecule has 2 rings (SSSR count). The molecule has 0 aliphatic carbocycles. The number of sulfonamides is 1. The van der Waals surface area contributed by atoms with Gasteiger partial charge >= 0.3 is 11.9 Å². The Labute approximate surface area is 167 Å². The molecular formula is C19H20FNO7S. The van der Waals surface area contributed by atoms with Crippen molar-refractivity contribution in [2.45, 2.75) is 11.8 Å². The number of anilines is 1. The number of ether oxygens (including phenoxy) is 3. The fraction of sp³-hybridized carbons (Fsp3) is 0.263. The Hall–Kier alpha value is -3.14. The number of aryl methyl sites for hydroxylation is 1. The van der Waals surface area contributed by atoms with Crippen LogP contribution in [0.2, 0.25) is 0 Å². The molecule has 0 saturated heterocycles. The van der Waals surface area contributed by atoms with Gasteiger partial charge in [-0.1, -0.05) is 6.07 Å². The smallest absolute Gasteiger partial charge is 0.337 e. The molecule has 2 aromatic rings. The Morgan fingerprint density at radius 1 is 1.03 bits per heavy atom. The highest BCUT2D eigenvalue weighted by Crippen LogP contribution is 2.30. The lowest BCUT2D eigenvalue weighted by Gasteiger charge is -2.25. The SMILES string of the molecule is COC(=O)CN(c1cc(C(=O)OC)ccc1C)S(=O)(=O)c1ccc(OC)c(F)c1. The molecule has 2 aromatic carbocycles. The summed E-state index contributed by atoms with van der Waals surface area (Å²) in [7, 11) is -0.851. The topological polar surface area (TPSA) is 99.2 Å². The van der Waals surface area contributed by atoms with Gasteiger partial charge in [-0.05, 0) is 42.8 Å². The normalized spacial score (nSPS) is 10.9. The molecule has 0 aromatic heterocycles. The largest absolute Gasteiger partial charge is 0.494 e. The first-order valence-electron chi connectivity index (χ1n) is 8.27. The zero-order chi connectivity index (χ0) is 21.8. The van der Waals surface area contributed by atoms with Crippen molar-refractivity contribution in [2.75, 3.05) is 32.2 Å². The first-order chi connectivity index (χ1) is 13.6. The number of hydrogen-bond donors (Lipinski definition) is 0. The van der Waals surface area contributed by atoms with Gasteiger partial charge in [-0.3, -0.25) is 9.10 Å². The Morgan fingerprint density at radius 2 is 1.72 bits per heavy atom. The van der Waals surface area contributed by atoms with Gasteiger partial charge in [0, 0.05) is 0 Å². The number of hydrogen-bond acceptors (Lipinski definition) is 7. The Morgan fingerprint density at radius 3 is 2.28 bits per heavy atom. The second-order valence-electron chi connectivity index (χ2n) is 5.88. The maximum Gasteiger partial charge on any atom is 0.337 e. The average molecular weight is 425 g/mol. The van der Waals surface area contributed by atoms with Crippen LogP contribution in [-0.4, -0.2) is 48.2 Å². The van der Waals surface area contributed by atoms with Crippen molar-refractivity contribution in [3.63, 3.8) is 0 Å². The number of carbonyl (C=O) groups is 2. The lowest BCUT2D eigenvalue weighted by Crippen LogP contribution is -2.37. The van der Waals surface area contributed by atoms with E-state index in [0.717, 1.165) is 29.6 Å². The number of halogens is 1. The van der Waals surface area contributed by atoms with E-state index in [9.17, 15) is 22.4 Å². The number of nitrogens with zero attached hydrogens (tertiary/aromatic N) is 1. The second-order valence-corrected chi connectivity index (χ2v) is 7.74. The molecule has 0 aliphatic heterocycles. The summed E-state index contributed by atoms with van der Waals surface area (Å²) in [5.41, 5.74) is 0.590. The van der Waals surface area contributed by atoms with E-state index in [-0.39, 0.29) is 17.0 Å². The van der Waals surface area contributed by atoms with E-state index in [1.54, 1.807) is 6.92 Å². The highest BCUT2D eigenvalue weighted by Gasteiger charge is 2.30. The fourth-order valence-electron chi connectivity index (χ4n) is 2.54. The van der Waals surface area contributed by atoms with Crippen LogP contribution in [0.5, 0.6) is 5.75 Å². The van der Waals surface area contributed by atoms with Crippen molar-refractivity contribution in [2.24, 2.45) is 0 Å². The third-order valence-electron chi connectivity index (χ3n) is 4.11. The quantitative estimate of drug-likeness (QED) is 0.628. The van der Waals surface area contributed by atoms with Crippen LogP contribution in [0.25, 0.3) is 0 Å². The first kappa shape index (κ1) is 22.2. The molecule has 0 heterocycles. The standard InChI is InChI=1S/C19H20FNO7S/c1-12-5-6-13(19(23)28-4)9-16(12)21(11-18(22)27-3)29(24,25)14-7-8-17(26-2)15(20)10-14/h5-10H,11H2,1-4H3. The molecule has 0 amide bonds. The van der Waals surface area contributed by atoms with Crippen LogP contribution < -0.4 is 9.04 Å². The van der Waals surface area contributed by atoms with Gasteiger partial charge in [0.2, 0.25) is 0 Å². The molecular weight excluding hydrogens is 405 g/mol. The summed E-state index contributed by atoms with van der Waals surface area (Å²) in [6.45, 7) is 0.919. The highest BCUT2D eigenvalue weighted by molar-refractivity contribution is 7.92. The molecule has 8 nitrogen and oxygen atoms in total. The maximum atomic E-state index is 14.1. The summed E-state index contributed by atoms with van der Waals surface area (Å²) in [6.07, 6.45) is 0. The van der Waals surface area contributed by atoms with Crippen LogP contribution in [0.15, 0.2) is 41.3 Å². The molecule has 10 heteroatoms. The third kappa shape index (κ3) is 4.65. The van der Waals surface area contributed by atoms with Crippen molar-refractivity contribution >= 4 is 27.6 Å². The number of methoxy groups -OCH3 is 3. The van der Waals surface area contributed by atoms with E-state index < -0.39 is 39.2 Å². The van der Waals surface area contributed by atoms with Gasteiger partial charge in [-0.15, -0.1) is 0 Å². The van der Waals surface area contributed by atoms with Gasteiger partial charge in [0.25, 0.3) is 10.0 Å². The van der Waals surface area contributed by atoms with Gasteiger partial charge in [0.05, 0.1) is 37.5 Å². The van der Waals surface area contributed by atoms with Crippen molar-refractivity contribution in [3.05, 3.63) is 53.3 Å².